The number of nitrogen functional groups attached to an aromatic ring is 1. The molecule has 3 rings (SSSR count). The Hall–Kier alpha value is -2.00. The molecule has 0 fully saturated rings. The Morgan fingerprint density at radius 1 is 1.19 bits per heavy atom. The molecule has 0 unspecified atom stereocenters. The molecule has 2 N–H and O–H groups in total. The van der Waals surface area contributed by atoms with Crippen molar-refractivity contribution in [3.63, 3.8) is 0 Å². The fraction of sp³-hybridized carbons (Fsp3) is 0.235. The number of imidazole rings is 1. The van der Waals surface area contributed by atoms with Crippen LogP contribution in [0.4, 0.5) is 5.69 Å². The molecule has 4 heteroatoms. The average molecular weight is 300 g/mol. The smallest absolute Gasteiger partial charge is 0.141 e. The van der Waals surface area contributed by atoms with E-state index in [1.54, 1.807) is 0 Å². The number of fused-ring (bicyclic) bond motifs is 1. The fourth-order valence-electron chi connectivity index (χ4n) is 2.67. The van der Waals surface area contributed by atoms with Crippen LogP contribution in [0.2, 0.25) is 5.02 Å². The van der Waals surface area contributed by atoms with Gasteiger partial charge in [0.05, 0.1) is 11.0 Å². The molecule has 3 nitrogen and oxygen atoms in total. The molecule has 0 aliphatic carbocycles. The molecule has 1 aromatic heterocycles. The zero-order valence-corrected chi connectivity index (χ0v) is 13.1. The first kappa shape index (κ1) is 14.0. The van der Waals surface area contributed by atoms with Gasteiger partial charge in [0.25, 0.3) is 0 Å². The van der Waals surface area contributed by atoms with Gasteiger partial charge in [-0.15, -0.1) is 0 Å². The van der Waals surface area contributed by atoms with Gasteiger partial charge in [0.15, 0.2) is 0 Å². The third-order valence-corrected chi connectivity index (χ3v) is 4.02. The molecule has 0 saturated heterocycles. The quantitative estimate of drug-likeness (QED) is 0.689. The summed E-state index contributed by atoms with van der Waals surface area (Å²) in [6.45, 7) is 6.32. The van der Waals surface area contributed by atoms with Gasteiger partial charge in [-0.25, -0.2) is 4.98 Å². The summed E-state index contributed by atoms with van der Waals surface area (Å²) in [6, 6.07) is 12.0. The molecule has 0 amide bonds. The Kier molecular flexibility index (Phi) is 3.38. The lowest BCUT2D eigenvalue weighted by Crippen LogP contribution is -2.04. The molecule has 3 aromatic rings. The molecule has 1 heterocycles. The zero-order valence-electron chi connectivity index (χ0n) is 12.4. The van der Waals surface area contributed by atoms with Crippen LogP contribution in [0, 0.1) is 6.92 Å². The minimum Gasteiger partial charge on any atom is -0.398 e. The maximum Gasteiger partial charge on any atom is 0.141 e. The average Bonchev–Trinajstić information content (AvgIpc) is 2.80. The molecule has 0 spiro atoms. The summed E-state index contributed by atoms with van der Waals surface area (Å²) in [5.74, 6) is 0.937. The Morgan fingerprint density at radius 2 is 1.95 bits per heavy atom. The number of halogens is 1. The molecule has 0 aliphatic heterocycles. The first-order chi connectivity index (χ1) is 9.99. The van der Waals surface area contributed by atoms with Gasteiger partial charge in [0.1, 0.15) is 5.82 Å². The summed E-state index contributed by atoms with van der Waals surface area (Å²) in [6.07, 6.45) is 0. The van der Waals surface area contributed by atoms with Crippen molar-refractivity contribution in [3.05, 3.63) is 47.0 Å². The van der Waals surface area contributed by atoms with Gasteiger partial charge < -0.3 is 10.3 Å². The first-order valence-corrected chi connectivity index (χ1v) is 7.39. The summed E-state index contributed by atoms with van der Waals surface area (Å²) in [5, 5.41) is 0.722. The second kappa shape index (κ2) is 5.08. The van der Waals surface area contributed by atoms with E-state index >= 15 is 0 Å². The van der Waals surface area contributed by atoms with Crippen molar-refractivity contribution < 1.29 is 0 Å². The SMILES string of the molecule is Cc1c(N)cccc1-c1nc2ccc(Cl)cc2n1C(C)C. The monoisotopic (exact) mass is 299 g/mol. The third kappa shape index (κ3) is 2.28. The van der Waals surface area contributed by atoms with Gasteiger partial charge in [0, 0.05) is 22.3 Å². The lowest BCUT2D eigenvalue weighted by molar-refractivity contribution is 0.624. The predicted octanol–water partition coefficient (Wildman–Crippen LogP) is 4.83. The maximum atomic E-state index is 6.15. The molecule has 0 atom stereocenters. The summed E-state index contributed by atoms with van der Waals surface area (Å²) < 4.78 is 2.21. The van der Waals surface area contributed by atoms with Crippen molar-refractivity contribution in [2.24, 2.45) is 0 Å². The normalized spacial score (nSPS) is 11.5. The fourth-order valence-corrected chi connectivity index (χ4v) is 2.84. The number of benzene rings is 2. The van der Waals surface area contributed by atoms with E-state index in [1.807, 2.05) is 37.3 Å². The van der Waals surface area contributed by atoms with Gasteiger partial charge in [0.2, 0.25) is 0 Å². The lowest BCUT2D eigenvalue weighted by atomic mass is 10.1. The van der Waals surface area contributed by atoms with Crippen molar-refractivity contribution in [1.29, 1.82) is 0 Å². The number of nitrogens with zero attached hydrogens (tertiary/aromatic N) is 2. The van der Waals surface area contributed by atoms with Crippen molar-refractivity contribution >= 4 is 28.3 Å². The Labute approximate surface area is 129 Å². The Balaban J connectivity index is 2.37. The van der Waals surface area contributed by atoms with Gasteiger partial charge in [-0.3, -0.25) is 0 Å². The van der Waals surface area contributed by atoms with Crippen molar-refractivity contribution in [2.45, 2.75) is 26.8 Å². The van der Waals surface area contributed by atoms with E-state index < -0.39 is 0 Å². The number of nitrogens with two attached hydrogens (primary N) is 1. The molecule has 0 radical (unpaired) electrons. The molecule has 108 valence electrons. The highest BCUT2D eigenvalue weighted by Crippen LogP contribution is 2.32. The second-order valence-corrected chi connectivity index (χ2v) is 5.99. The highest BCUT2D eigenvalue weighted by Gasteiger charge is 2.17. The van der Waals surface area contributed by atoms with Crippen molar-refractivity contribution in [2.75, 3.05) is 5.73 Å². The molecule has 21 heavy (non-hydrogen) atoms. The molecular formula is C17H18ClN3. The Morgan fingerprint density at radius 3 is 2.67 bits per heavy atom. The number of aromatic nitrogens is 2. The van der Waals surface area contributed by atoms with E-state index in [1.165, 1.54) is 0 Å². The third-order valence-electron chi connectivity index (χ3n) is 3.78. The summed E-state index contributed by atoms with van der Waals surface area (Å²) in [5.41, 5.74) is 11.0. The number of anilines is 1. The van der Waals surface area contributed by atoms with Crippen LogP contribution in [0.5, 0.6) is 0 Å². The van der Waals surface area contributed by atoms with E-state index in [-0.39, 0.29) is 6.04 Å². The van der Waals surface area contributed by atoms with Gasteiger partial charge in [-0.05, 0) is 50.6 Å². The van der Waals surface area contributed by atoms with Crippen LogP contribution in [0.3, 0.4) is 0 Å². The van der Waals surface area contributed by atoms with Crippen LogP contribution in [0.15, 0.2) is 36.4 Å². The van der Waals surface area contributed by atoms with Crippen LogP contribution in [-0.4, -0.2) is 9.55 Å². The lowest BCUT2D eigenvalue weighted by Gasteiger charge is -2.15. The van der Waals surface area contributed by atoms with Gasteiger partial charge >= 0.3 is 0 Å². The topological polar surface area (TPSA) is 43.8 Å². The summed E-state index contributed by atoms with van der Waals surface area (Å²) in [4.78, 5) is 4.80. The van der Waals surface area contributed by atoms with Crippen LogP contribution >= 0.6 is 11.6 Å². The maximum absolute atomic E-state index is 6.15. The van der Waals surface area contributed by atoms with Crippen LogP contribution < -0.4 is 5.73 Å². The van der Waals surface area contributed by atoms with E-state index in [4.69, 9.17) is 22.3 Å². The minimum atomic E-state index is 0.282. The number of rotatable bonds is 2. The summed E-state index contributed by atoms with van der Waals surface area (Å²) >= 11 is 6.15. The van der Waals surface area contributed by atoms with E-state index in [0.29, 0.717) is 0 Å². The first-order valence-electron chi connectivity index (χ1n) is 7.02. The van der Waals surface area contributed by atoms with Crippen LogP contribution in [0.25, 0.3) is 22.4 Å². The van der Waals surface area contributed by atoms with Crippen molar-refractivity contribution in [3.8, 4) is 11.4 Å². The highest BCUT2D eigenvalue weighted by molar-refractivity contribution is 6.31. The second-order valence-electron chi connectivity index (χ2n) is 5.55. The van der Waals surface area contributed by atoms with Crippen LogP contribution in [-0.2, 0) is 0 Å². The van der Waals surface area contributed by atoms with Crippen LogP contribution in [0.1, 0.15) is 25.5 Å². The van der Waals surface area contributed by atoms with Crippen molar-refractivity contribution in [1.82, 2.24) is 9.55 Å². The zero-order chi connectivity index (χ0) is 15.1. The standard InChI is InChI=1S/C17H18ClN3/c1-10(2)21-16-9-12(18)7-8-15(16)20-17(21)13-5-4-6-14(19)11(13)3/h4-10H,19H2,1-3H3. The van der Waals surface area contributed by atoms with Gasteiger partial charge in [-0.2, -0.15) is 0 Å². The van der Waals surface area contributed by atoms with E-state index in [0.717, 1.165) is 38.7 Å². The molecule has 0 bridgehead atoms. The number of hydrogen-bond acceptors (Lipinski definition) is 2. The molecule has 0 aliphatic rings. The summed E-state index contributed by atoms with van der Waals surface area (Å²) in [7, 11) is 0. The molecule has 2 aromatic carbocycles. The minimum absolute atomic E-state index is 0.282. The van der Waals surface area contributed by atoms with E-state index in [9.17, 15) is 0 Å². The Bertz CT molecular complexity index is 818. The van der Waals surface area contributed by atoms with E-state index in [2.05, 4.69) is 24.5 Å². The number of hydrogen-bond donors (Lipinski definition) is 1. The predicted molar refractivity (Wildman–Crippen MR) is 89.7 cm³/mol. The highest BCUT2D eigenvalue weighted by atomic mass is 35.5. The molecular weight excluding hydrogens is 282 g/mol. The largest absolute Gasteiger partial charge is 0.398 e. The molecule has 0 saturated carbocycles. The van der Waals surface area contributed by atoms with Gasteiger partial charge in [-0.1, -0.05) is 23.7 Å².